The second-order valence-corrected chi connectivity index (χ2v) is 6.71. The van der Waals surface area contributed by atoms with Crippen LogP contribution in [0.25, 0.3) is 0 Å². The number of aromatic nitrogens is 2. The molecule has 1 saturated carbocycles. The van der Waals surface area contributed by atoms with Crippen LogP contribution < -0.4 is 5.32 Å². The van der Waals surface area contributed by atoms with Crippen molar-refractivity contribution < 1.29 is 0 Å². The number of hydrogen-bond acceptors (Lipinski definition) is 3. The van der Waals surface area contributed by atoms with E-state index in [2.05, 4.69) is 23.5 Å². The van der Waals surface area contributed by atoms with Crippen molar-refractivity contribution in [2.75, 3.05) is 12.3 Å². The molecule has 0 spiro atoms. The van der Waals surface area contributed by atoms with Crippen LogP contribution in [0.15, 0.2) is 17.3 Å². The second kappa shape index (κ2) is 7.95. The molecule has 0 saturated heterocycles. The number of thioether (sulfide) groups is 1. The maximum absolute atomic E-state index is 4.24. The van der Waals surface area contributed by atoms with Gasteiger partial charge in [0.05, 0.1) is 6.20 Å². The van der Waals surface area contributed by atoms with Gasteiger partial charge in [-0.2, -0.15) is 5.10 Å². The minimum absolute atomic E-state index is 0.672. The highest BCUT2D eigenvalue weighted by Gasteiger charge is 2.23. The second-order valence-electron chi connectivity index (χ2n) is 5.62. The maximum atomic E-state index is 4.24. The Bertz CT molecular complexity index is 358. The molecule has 1 fully saturated rings. The molecule has 1 aliphatic carbocycles. The lowest BCUT2D eigenvalue weighted by atomic mass is 9.84. The third kappa shape index (κ3) is 4.84. The highest BCUT2D eigenvalue weighted by Crippen LogP contribution is 2.29. The Morgan fingerprint density at radius 2 is 2.21 bits per heavy atom. The third-order valence-electron chi connectivity index (χ3n) is 3.99. The minimum atomic E-state index is 0.672. The molecule has 1 aromatic heterocycles. The summed E-state index contributed by atoms with van der Waals surface area (Å²) in [6.07, 6.45) is 12.4. The van der Waals surface area contributed by atoms with Crippen LogP contribution >= 0.6 is 11.8 Å². The maximum Gasteiger partial charge on any atom is 0.0625 e. The van der Waals surface area contributed by atoms with Gasteiger partial charge in [0.25, 0.3) is 0 Å². The average Bonchev–Trinajstić information content (AvgIpc) is 2.86. The molecule has 1 N–H and O–H groups in total. The summed E-state index contributed by atoms with van der Waals surface area (Å²) in [4.78, 5) is 1.29. The highest BCUT2D eigenvalue weighted by molar-refractivity contribution is 7.99. The van der Waals surface area contributed by atoms with Crippen molar-refractivity contribution in [1.29, 1.82) is 0 Å². The van der Waals surface area contributed by atoms with Gasteiger partial charge < -0.3 is 5.32 Å². The predicted octanol–water partition coefficient (Wildman–Crippen LogP) is 3.46. The van der Waals surface area contributed by atoms with E-state index >= 15 is 0 Å². The molecule has 0 bridgehead atoms. The van der Waals surface area contributed by atoms with E-state index in [1.165, 1.54) is 49.2 Å². The Hall–Kier alpha value is -0.480. The Morgan fingerprint density at radius 3 is 2.84 bits per heavy atom. The third-order valence-corrected chi connectivity index (χ3v) is 5.06. The van der Waals surface area contributed by atoms with Gasteiger partial charge in [-0.25, -0.2) is 0 Å². The van der Waals surface area contributed by atoms with E-state index in [0.717, 1.165) is 12.5 Å². The van der Waals surface area contributed by atoms with E-state index in [1.807, 2.05) is 29.7 Å². The molecule has 1 aliphatic rings. The molecule has 4 heteroatoms. The van der Waals surface area contributed by atoms with Gasteiger partial charge >= 0.3 is 0 Å². The molecule has 0 aliphatic heterocycles. The number of nitrogens with zero attached hydrogens (tertiary/aromatic N) is 2. The molecule has 0 amide bonds. The summed E-state index contributed by atoms with van der Waals surface area (Å²) in [5, 5.41) is 8.01. The van der Waals surface area contributed by atoms with Crippen LogP contribution in [0.2, 0.25) is 0 Å². The minimum Gasteiger partial charge on any atom is -0.313 e. The SMILES string of the molecule is CCCNC(CSc1cnn(C)c1)C1CCCCC1. The Labute approximate surface area is 121 Å². The lowest BCUT2D eigenvalue weighted by molar-refractivity contribution is 0.285. The first-order valence-corrected chi connectivity index (χ1v) is 8.63. The van der Waals surface area contributed by atoms with Crippen LogP contribution in [0.3, 0.4) is 0 Å². The van der Waals surface area contributed by atoms with Crippen molar-refractivity contribution >= 4 is 11.8 Å². The summed E-state index contributed by atoms with van der Waals surface area (Å²) in [5.41, 5.74) is 0. The van der Waals surface area contributed by atoms with Gasteiger partial charge in [-0.15, -0.1) is 11.8 Å². The number of aryl methyl sites for hydroxylation is 1. The summed E-state index contributed by atoms with van der Waals surface area (Å²) in [6, 6.07) is 0.672. The molecule has 1 unspecified atom stereocenters. The fraction of sp³-hybridized carbons (Fsp3) is 0.800. The first-order valence-electron chi connectivity index (χ1n) is 7.64. The zero-order valence-corrected chi connectivity index (χ0v) is 13.1. The topological polar surface area (TPSA) is 29.9 Å². The van der Waals surface area contributed by atoms with E-state index in [0.29, 0.717) is 6.04 Å². The summed E-state index contributed by atoms with van der Waals surface area (Å²) >= 11 is 1.95. The van der Waals surface area contributed by atoms with Crippen molar-refractivity contribution in [2.45, 2.75) is 56.4 Å². The van der Waals surface area contributed by atoms with Gasteiger partial charge in [-0.3, -0.25) is 4.68 Å². The molecule has 0 aromatic carbocycles. The monoisotopic (exact) mass is 281 g/mol. The molecule has 108 valence electrons. The molecule has 0 radical (unpaired) electrons. The lowest BCUT2D eigenvalue weighted by Crippen LogP contribution is -2.39. The normalized spacial score (nSPS) is 18.6. The smallest absolute Gasteiger partial charge is 0.0625 e. The number of nitrogens with one attached hydrogen (secondary N) is 1. The van der Waals surface area contributed by atoms with Crippen LogP contribution in [0.1, 0.15) is 45.4 Å². The molecule has 1 atom stereocenters. The number of rotatable bonds is 7. The Morgan fingerprint density at radius 1 is 1.42 bits per heavy atom. The Balaban J connectivity index is 1.85. The van der Waals surface area contributed by atoms with Gasteiger partial charge in [-0.05, 0) is 31.7 Å². The highest BCUT2D eigenvalue weighted by atomic mass is 32.2. The van der Waals surface area contributed by atoms with Crippen molar-refractivity contribution in [2.24, 2.45) is 13.0 Å². The van der Waals surface area contributed by atoms with Crippen molar-refractivity contribution in [3.8, 4) is 0 Å². The van der Waals surface area contributed by atoms with Gasteiger partial charge in [0.1, 0.15) is 0 Å². The van der Waals surface area contributed by atoms with Crippen LogP contribution in [0.5, 0.6) is 0 Å². The fourth-order valence-electron chi connectivity index (χ4n) is 2.89. The predicted molar refractivity (Wildman–Crippen MR) is 82.6 cm³/mol. The lowest BCUT2D eigenvalue weighted by Gasteiger charge is -2.30. The van der Waals surface area contributed by atoms with E-state index in [-0.39, 0.29) is 0 Å². The average molecular weight is 281 g/mol. The molecule has 3 nitrogen and oxygen atoms in total. The molecular weight excluding hydrogens is 254 g/mol. The van der Waals surface area contributed by atoms with Crippen LogP contribution in [0.4, 0.5) is 0 Å². The largest absolute Gasteiger partial charge is 0.313 e. The van der Waals surface area contributed by atoms with Crippen LogP contribution in [-0.2, 0) is 7.05 Å². The Kier molecular flexibility index (Phi) is 6.24. The van der Waals surface area contributed by atoms with E-state index in [4.69, 9.17) is 0 Å². The van der Waals surface area contributed by atoms with Crippen molar-refractivity contribution in [1.82, 2.24) is 15.1 Å². The van der Waals surface area contributed by atoms with Gasteiger partial charge in [0, 0.05) is 29.9 Å². The molecule has 1 aromatic rings. The summed E-state index contributed by atoms with van der Waals surface area (Å²) < 4.78 is 1.89. The molecule has 1 heterocycles. The standard InChI is InChI=1S/C15H27N3S/c1-3-9-16-15(13-7-5-4-6-8-13)12-19-14-10-17-18(2)11-14/h10-11,13,15-16H,3-9,12H2,1-2H3. The summed E-state index contributed by atoms with van der Waals surface area (Å²) in [6.45, 7) is 3.40. The van der Waals surface area contributed by atoms with Crippen LogP contribution in [-0.4, -0.2) is 28.1 Å². The molecule has 2 rings (SSSR count). The summed E-state index contributed by atoms with van der Waals surface area (Å²) in [7, 11) is 1.98. The van der Waals surface area contributed by atoms with E-state index in [9.17, 15) is 0 Å². The van der Waals surface area contributed by atoms with Gasteiger partial charge in [0.2, 0.25) is 0 Å². The zero-order valence-electron chi connectivity index (χ0n) is 12.3. The first kappa shape index (κ1) is 14.9. The van der Waals surface area contributed by atoms with Crippen molar-refractivity contribution in [3.05, 3.63) is 12.4 Å². The quantitative estimate of drug-likeness (QED) is 0.776. The fourth-order valence-corrected chi connectivity index (χ4v) is 4.00. The molecular formula is C15H27N3S. The van der Waals surface area contributed by atoms with Gasteiger partial charge in [0.15, 0.2) is 0 Å². The van der Waals surface area contributed by atoms with E-state index < -0.39 is 0 Å². The first-order chi connectivity index (χ1) is 9.29. The van der Waals surface area contributed by atoms with Gasteiger partial charge in [-0.1, -0.05) is 26.2 Å². The summed E-state index contributed by atoms with van der Waals surface area (Å²) in [5.74, 6) is 2.06. The zero-order chi connectivity index (χ0) is 13.5. The van der Waals surface area contributed by atoms with Crippen molar-refractivity contribution in [3.63, 3.8) is 0 Å². The molecule has 19 heavy (non-hydrogen) atoms. The van der Waals surface area contributed by atoms with Crippen LogP contribution in [0, 0.1) is 5.92 Å². The number of hydrogen-bond donors (Lipinski definition) is 1. The van der Waals surface area contributed by atoms with E-state index in [1.54, 1.807) is 0 Å².